The fraction of sp³-hybridized carbons (Fsp3) is 0.625. The molecule has 2 unspecified atom stereocenters. The highest BCUT2D eigenvalue weighted by Gasteiger charge is 2.36. The van der Waals surface area contributed by atoms with Crippen LogP contribution in [0.15, 0.2) is 18.2 Å². The van der Waals surface area contributed by atoms with Crippen molar-refractivity contribution in [2.75, 3.05) is 18.0 Å². The first-order valence-electron chi connectivity index (χ1n) is 7.97. The van der Waals surface area contributed by atoms with Crippen molar-refractivity contribution >= 4 is 11.4 Å². The SMILES string of the molecule is O=[N+]([O-])c1cc(C(F)(F)F)ccc1N1CCC2CCCCC2C1. The molecule has 0 radical (unpaired) electrons. The predicted molar refractivity (Wildman–Crippen MR) is 80.4 cm³/mol. The predicted octanol–water partition coefficient (Wildman–Crippen LogP) is 4.63. The molecule has 1 aliphatic heterocycles. The van der Waals surface area contributed by atoms with Gasteiger partial charge in [-0.1, -0.05) is 19.3 Å². The smallest absolute Gasteiger partial charge is 0.366 e. The Bertz CT molecular complexity index is 603. The summed E-state index contributed by atoms with van der Waals surface area (Å²) >= 11 is 0. The molecule has 0 N–H and O–H groups in total. The van der Waals surface area contributed by atoms with E-state index in [2.05, 4.69) is 0 Å². The van der Waals surface area contributed by atoms with E-state index >= 15 is 0 Å². The number of anilines is 1. The fourth-order valence-corrected chi connectivity index (χ4v) is 3.93. The number of hydrogen-bond donors (Lipinski definition) is 0. The summed E-state index contributed by atoms with van der Waals surface area (Å²) in [6.07, 6.45) is 1.11. The Morgan fingerprint density at radius 3 is 2.48 bits per heavy atom. The van der Waals surface area contributed by atoms with Gasteiger partial charge in [0.25, 0.3) is 5.69 Å². The molecule has 1 heterocycles. The lowest BCUT2D eigenvalue weighted by Gasteiger charge is -2.42. The molecule has 0 bridgehead atoms. The van der Waals surface area contributed by atoms with Crippen molar-refractivity contribution in [3.63, 3.8) is 0 Å². The van der Waals surface area contributed by atoms with Gasteiger partial charge in [-0.15, -0.1) is 0 Å². The first-order valence-corrected chi connectivity index (χ1v) is 7.97. The van der Waals surface area contributed by atoms with E-state index < -0.39 is 22.4 Å². The molecular weight excluding hydrogens is 309 g/mol. The lowest BCUT2D eigenvalue weighted by Crippen LogP contribution is -2.42. The van der Waals surface area contributed by atoms with E-state index in [0.717, 1.165) is 18.9 Å². The first-order chi connectivity index (χ1) is 10.9. The van der Waals surface area contributed by atoms with Crippen LogP contribution in [0.25, 0.3) is 0 Å². The van der Waals surface area contributed by atoms with Crippen molar-refractivity contribution in [1.29, 1.82) is 0 Å². The molecule has 1 aliphatic carbocycles. The number of nitrogens with zero attached hydrogens (tertiary/aromatic N) is 2. The number of rotatable bonds is 2. The third-order valence-electron chi connectivity index (χ3n) is 5.13. The average molecular weight is 328 g/mol. The van der Waals surface area contributed by atoms with Crippen molar-refractivity contribution in [3.05, 3.63) is 33.9 Å². The van der Waals surface area contributed by atoms with Crippen molar-refractivity contribution in [2.45, 2.75) is 38.3 Å². The topological polar surface area (TPSA) is 46.4 Å². The molecule has 126 valence electrons. The summed E-state index contributed by atoms with van der Waals surface area (Å²) in [4.78, 5) is 12.4. The number of nitro benzene ring substituents is 1. The van der Waals surface area contributed by atoms with Gasteiger partial charge in [0, 0.05) is 19.2 Å². The van der Waals surface area contributed by atoms with Crippen molar-refractivity contribution in [3.8, 4) is 0 Å². The lowest BCUT2D eigenvalue weighted by molar-refractivity contribution is -0.384. The minimum atomic E-state index is -4.57. The standard InChI is InChI=1S/C16H19F3N2O2/c17-16(18,19)13-5-6-14(15(9-13)21(22)23)20-8-7-11-3-1-2-4-12(11)10-20/h5-6,9,11-12H,1-4,7-8,10H2. The summed E-state index contributed by atoms with van der Waals surface area (Å²) in [5, 5.41) is 11.2. The maximum atomic E-state index is 12.8. The maximum absolute atomic E-state index is 12.8. The molecule has 2 fully saturated rings. The number of nitro groups is 1. The Labute approximate surface area is 132 Å². The molecule has 3 rings (SSSR count). The van der Waals surface area contributed by atoms with Crippen LogP contribution in [0.5, 0.6) is 0 Å². The van der Waals surface area contributed by atoms with Crippen LogP contribution in [-0.4, -0.2) is 18.0 Å². The number of piperidine rings is 1. The summed E-state index contributed by atoms with van der Waals surface area (Å²) in [6, 6.07) is 2.85. The zero-order chi connectivity index (χ0) is 16.6. The largest absolute Gasteiger partial charge is 0.416 e. The molecule has 0 aromatic heterocycles. The third kappa shape index (κ3) is 3.28. The van der Waals surface area contributed by atoms with Gasteiger partial charge in [0.05, 0.1) is 10.5 Å². The number of alkyl halides is 3. The Balaban J connectivity index is 1.88. The number of benzene rings is 1. The van der Waals surface area contributed by atoms with E-state index in [1.54, 1.807) is 0 Å². The highest BCUT2D eigenvalue weighted by molar-refractivity contribution is 5.65. The molecule has 2 aliphatic rings. The molecule has 0 spiro atoms. The van der Waals surface area contributed by atoms with Crippen LogP contribution in [0.3, 0.4) is 0 Å². The van der Waals surface area contributed by atoms with Gasteiger partial charge in [0.2, 0.25) is 0 Å². The molecule has 1 saturated heterocycles. The van der Waals surface area contributed by atoms with Crippen molar-refractivity contribution in [1.82, 2.24) is 0 Å². The van der Waals surface area contributed by atoms with Gasteiger partial charge < -0.3 is 4.90 Å². The van der Waals surface area contributed by atoms with E-state index in [9.17, 15) is 23.3 Å². The molecule has 0 amide bonds. The zero-order valence-corrected chi connectivity index (χ0v) is 12.7. The summed E-state index contributed by atoms with van der Waals surface area (Å²) in [5.41, 5.74) is -1.11. The van der Waals surface area contributed by atoms with Gasteiger partial charge in [-0.05, 0) is 36.8 Å². The second-order valence-electron chi connectivity index (χ2n) is 6.50. The van der Waals surface area contributed by atoms with Crippen LogP contribution < -0.4 is 4.90 Å². The fourth-order valence-electron chi connectivity index (χ4n) is 3.93. The van der Waals surface area contributed by atoms with E-state index in [4.69, 9.17) is 0 Å². The number of halogens is 3. The summed E-state index contributed by atoms with van der Waals surface area (Å²) in [7, 11) is 0. The van der Waals surface area contributed by atoms with Crippen LogP contribution in [0, 0.1) is 22.0 Å². The molecule has 1 aromatic carbocycles. The summed E-state index contributed by atoms with van der Waals surface area (Å²) < 4.78 is 38.4. The van der Waals surface area contributed by atoms with Crippen LogP contribution in [0.2, 0.25) is 0 Å². The Hall–Kier alpha value is -1.79. The zero-order valence-electron chi connectivity index (χ0n) is 12.7. The highest BCUT2D eigenvalue weighted by Crippen LogP contribution is 2.41. The van der Waals surface area contributed by atoms with Gasteiger partial charge in [0.1, 0.15) is 5.69 Å². The molecule has 7 heteroatoms. The molecule has 4 nitrogen and oxygen atoms in total. The monoisotopic (exact) mass is 328 g/mol. The Kier molecular flexibility index (Phi) is 4.21. The second kappa shape index (κ2) is 6.02. The molecular formula is C16H19F3N2O2. The van der Waals surface area contributed by atoms with E-state index in [-0.39, 0.29) is 0 Å². The van der Waals surface area contributed by atoms with Crippen molar-refractivity contribution < 1.29 is 18.1 Å². The van der Waals surface area contributed by atoms with Gasteiger partial charge >= 0.3 is 6.18 Å². The Morgan fingerprint density at radius 2 is 1.83 bits per heavy atom. The summed E-state index contributed by atoms with van der Waals surface area (Å²) in [5.74, 6) is 1.16. The van der Waals surface area contributed by atoms with Crippen LogP contribution in [0.1, 0.15) is 37.7 Å². The van der Waals surface area contributed by atoms with Crippen LogP contribution in [0.4, 0.5) is 24.5 Å². The van der Waals surface area contributed by atoms with Gasteiger partial charge in [-0.3, -0.25) is 10.1 Å². The minimum absolute atomic E-state index is 0.312. The Morgan fingerprint density at radius 1 is 1.13 bits per heavy atom. The van der Waals surface area contributed by atoms with Gasteiger partial charge in [-0.2, -0.15) is 13.2 Å². The lowest BCUT2D eigenvalue weighted by atomic mass is 9.75. The normalized spacial score (nSPS) is 25.1. The molecule has 1 aromatic rings. The number of fused-ring (bicyclic) bond motifs is 1. The molecule has 2 atom stereocenters. The number of hydrogen-bond acceptors (Lipinski definition) is 3. The first kappa shape index (κ1) is 16.1. The summed E-state index contributed by atoms with van der Waals surface area (Å²) in [6.45, 7) is 1.38. The van der Waals surface area contributed by atoms with E-state index in [0.29, 0.717) is 36.7 Å². The van der Waals surface area contributed by atoms with Crippen molar-refractivity contribution in [2.24, 2.45) is 11.8 Å². The molecule has 23 heavy (non-hydrogen) atoms. The van der Waals surface area contributed by atoms with Crippen LogP contribution >= 0.6 is 0 Å². The van der Waals surface area contributed by atoms with E-state index in [1.165, 1.54) is 25.3 Å². The quantitative estimate of drug-likeness (QED) is 0.587. The molecule has 1 saturated carbocycles. The van der Waals surface area contributed by atoms with Crippen LogP contribution in [-0.2, 0) is 6.18 Å². The third-order valence-corrected chi connectivity index (χ3v) is 5.13. The highest BCUT2D eigenvalue weighted by atomic mass is 19.4. The minimum Gasteiger partial charge on any atom is -0.366 e. The maximum Gasteiger partial charge on any atom is 0.416 e. The van der Waals surface area contributed by atoms with E-state index in [1.807, 2.05) is 4.90 Å². The average Bonchev–Trinajstić information content (AvgIpc) is 2.53. The van der Waals surface area contributed by atoms with Gasteiger partial charge in [-0.25, -0.2) is 0 Å². The second-order valence-corrected chi connectivity index (χ2v) is 6.50. The van der Waals surface area contributed by atoms with Gasteiger partial charge in [0.15, 0.2) is 0 Å².